The van der Waals surface area contributed by atoms with Crippen LogP contribution in [0, 0.1) is 17.8 Å². The van der Waals surface area contributed by atoms with E-state index in [0.717, 1.165) is 30.9 Å². The molecule has 2 aliphatic heterocycles. The predicted molar refractivity (Wildman–Crippen MR) is 112 cm³/mol. The second-order valence-electron chi connectivity index (χ2n) is 8.45. The molecule has 2 heterocycles. The quantitative estimate of drug-likeness (QED) is 0.732. The second kappa shape index (κ2) is 8.66. The molecule has 4 aliphatic rings. The molecule has 0 aromatic carbocycles. The highest BCUT2D eigenvalue weighted by Gasteiger charge is 2.35. The number of allylic oxidation sites excluding steroid dienone is 5. The monoisotopic (exact) mass is 421 g/mol. The number of aliphatic hydroxyl groups excluding tert-OH is 1. The van der Waals surface area contributed by atoms with Crippen molar-refractivity contribution in [3.63, 3.8) is 0 Å². The van der Waals surface area contributed by atoms with Crippen molar-refractivity contribution < 1.29 is 23.0 Å². The van der Waals surface area contributed by atoms with Gasteiger partial charge in [-0.2, -0.15) is 0 Å². The number of aliphatic hydroxyl groups is 1. The van der Waals surface area contributed by atoms with Crippen molar-refractivity contribution in [1.82, 2.24) is 4.90 Å². The zero-order chi connectivity index (χ0) is 20.4. The Hall–Kier alpha value is -1.57. The molecule has 6 nitrogen and oxygen atoms in total. The average molecular weight is 422 g/mol. The van der Waals surface area contributed by atoms with Crippen LogP contribution in [0.4, 0.5) is 0 Å². The molecule has 0 aromatic heterocycles. The van der Waals surface area contributed by atoms with E-state index in [4.69, 9.17) is 9.47 Å². The highest BCUT2D eigenvalue weighted by Crippen LogP contribution is 2.44. The van der Waals surface area contributed by atoms with Crippen molar-refractivity contribution in [2.24, 2.45) is 17.8 Å². The normalized spacial score (nSPS) is 31.7. The van der Waals surface area contributed by atoms with Crippen molar-refractivity contribution in [3.05, 3.63) is 47.0 Å². The van der Waals surface area contributed by atoms with Gasteiger partial charge in [0.25, 0.3) is 0 Å². The number of rotatable bonds is 5. The first-order chi connectivity index (χ1) is 13.9. The number of hydrogen-bond donors (Lipinski definition) is 1. The third-order valence-electron chi connectivity index (χ3n) is 6.36. The molecule has 0 spiro atoms. The summed E-state index contributed by atoms with van der Waals surface area (Å²) in [5.41, 5.74) is 2.47. The Balaban J connectivity index is 1.39. The molecule has 2 fully saturated rings. The van der Waals surface area contributed by atoms with Crippen LogP contribution in [0.1, 0.15) is 19.8 Å². The van der Waals surface area contributed by atoms with E-state index in [-0.39, 0.29) is 29.9 Å². The molecule has 0 amide bonds. The maximum atomic E-state index is 11.5. The zero-order valence-corrected chi connectivity index (χ0v) is 17.9. The number of sulfone groups is 1. The Morgan fingerprint density at radius 2 is 2.07 bits per heavy atom. The largest absolute Gasteiger partial charge is 0.494 e. The van der Waals surface area contributed by atoms with Crippen LogP contribution in [0.3, 0.4) is 0 Å². The minimum atomic E-state index is -2.84. The lowest BCUT2D eigenvalue weighted by Gasteiger charge is -2.32. The molecule has 2 aliphatic carbocycles. The van der Waals surface area contributed by atoms with Crippen molar-refractivity contribution in [3.8, 4) is 0 Å². The predicted octanol–water partition coefficient (Wildman–Crippen LogP) is 2.05. The molecule has 0 aromatic rings. The van der Waals surface area contributed by atoms with Gasteiger partial charge in [-0.15, -0.1) is 0 Å². The summed E-state index contributed by atoms with van der Waals surface area (Å²) >= 11 is 0. The minimum absolute atomic E-state index is 0.162. The first-order valence-corrected chi connectivity index (χ1v) is 12.4. The number of fused-ring (bicyclic) bond motifs is 3. The maximum Gasteiger partial charge on any atom is 0.152 e. The molecular weight excluding hydrogens is 390 g/mol. The highest BCUT2D eigenvalue weighted by molar-refractivity contribution is 7.91. The SMILES string of the molecule is CC1=CC(OCCN2CCS(=O)(=O)CC2)=CC2CCOC3=CCC(CO)C=C3C12. The second-order valence-corrected chi connectivity index (χ2v) is 10.8. The van der Waals surface area contributed by atoms with Gasteiger partial charge in [-0.3, -0.25) is 4.90 Å². The lowest BCUT2D eigenvalue weighted by atomic mass is 9.74. The Kier molecular flexibility index (Phi) is 6.18. The highest BCUT2D eigenvalue weighted by atomic mass is 32.2. The molecule has 3 unspecified atom stereocenters. The molecule has 1 N–H and O–H groups in total. The van der Waals surface area contributed by atoms with Crippen LogP contribution in [-0.2, 0) is 19.3 Å². The maximum absolute atomic E-state index is 11.5. The van der Waals surface area contributed by atoms with Crippen LogP contribution in [0.25, 0.3) is 0 Å². The third-order valence-corrected chi connectivity index (χ3v) is 7.97. The lowest BCUT2D eigenvalue weighted by molar-refractivity contribution is 0.165. The fraction of sp³-hybridized carbons (Fsp3) is 0.636. The summed E-state index contributed by atoms with van der Waals surface area (Å²) in [4.78, 5) is 2.16. The van der Waals surface area contributed by atoms with Crippen molar-refractivity contribution in [1.29, 1.82) is 0 Å². The molecule has 0 bridgehead atoms. The van der Waals surface area contributed by atoms with Gasteiger partial charge in [0, 0.05) is 38.1 Å². The summed E-state index contributed by atoms with van der Waals surface area (Å²) in [5.74, 6) is 3.14. The number of ether oxygens (including phenoxy) is 2. The van der Waals surface area contributed by atoms with Crippen LogP contribution in [0.15, 0.2) is 47.0 Å². The topological polar surface area (TPSA) is 76.1 Å². The number of hydrogen-bond acceptors (Lipinski definition) is 6. The summed E-state index contributed by atoms with van der Waals surface area (Å²) in [7, 11) is -2.84. The fourth-order valence-electron chi connectivity index (χ4n) is 4.70. The molecular formula is C22H31NO5S. The van der Waals surface area contributed by atoms with E-state index in [1.54, 1.807) is 0 Å². The van der Waals surface area contributed by atoms with E-state index in [1.165, 1.54) is 11.1 Å². The van der Waals surface area contributed by atoms with E-state index in [9.17, 15) is 13.5 Å². The molecule has 2 saturated heterocycles. The first-order valence-electron chi connectivity index (χ1n) is 10.6. The lowest BCUT2D eigenvalue weighted by Crippen LogP contribution is -2.41. The summed E-state index contributed by atoms with van der Waals surface area (Å²) in [5, 5.41) is 9.59. The molecule has 160 valence electrons. The van der Waals surface area contributed by atoms with E-state index in [0.29, 0.717) is 32.2 Å². The fourth-order valence-corrected chi connectivity index (χ4v) is 5.98. The van der Waals surface area contributed by atoms with Crippen molar-refractivity contribution in [2.75, 3.05) is 51.0 Å². The van der Waals surface area contributed by atoms with E-state index in [2.05, 4.69) is 36.1 Å². The molecule has 0 radical (unpaired) electrons. The third kappa shape index (κ3) is 4.78. The van der Waals surface area contributed by atoms with Gasteiger partial charge in [0.15, 0.2) is 9.84 Å². The standard InChI is InChI=1S/C22H31NO5S/c1-16-12-19(27-9-5-23-6-10-29(25,26)11-7-23)14-18-4-8-28-21-3-2-17(15-24)13-20(21)22(16)18/h3,12-14,17-18,22,24H,2,4-11,15H2,1H3. The van der Waals surface area contributed by atoms with Crippen molar-refractivity contribution >= 4 is 9.84 Å². The summed E-state index contributed by atoms with van der Waals surface area (Å²) in [6.45, 7) is 5.49. The van der Waals surface area contributed by atoms with Crippen LogP contribution < -0.4 is 0 Å². The molecule has 7 heteroatoms. The summed E-state index contributed by atoms with van der Waals surface area (Å²) in [6, 6.07) is 0. The minimum Gasteiger partial charge on any atom is -0.494 e. The van der Waals surface area contributed by atoms with Gasteiger partial charge in [-0.25, -0.2) is 8.42 Å². The van der Waals surface area contributed by atoms with E-state index < -0.39 is 9.84 Å². The van der Waals surface area contributed by atoms with Crippen molar-refractivity contribution in [2.45, 2.75) is 19.8 Å². The number of nitrogens with zero attached hydrogens (tertiary/aromatic N) is 1. The Morgan fingerprint density at radius 1 is 1.28 bits per heavy atom. The van der Waals surface area contributed by atoms with E-state index in [1.807, 2.05) is 0 Å². The molecule has 3 atom stereocenters. The average Bonchev–Trinajstić information content (AvgIpc) is 2.88. The summed E-state index contributed by atoms with van der Waals surface area (Å²) in [6.07, 6.45) is 10.4. The van der Waals surface area contributed by atoms with Crippen LogP contribution in [0.2, 0.25) is 0 Å². The van der Waals surface area contributed by atoms with Crippen LogP contribution >= 0.6 is 0 Å². The smallest absolute Gasteiger partial charge is 0.152 e. The Labute approximate surface area is 173 Å². The van der Waals surface area contributed by atoms with Crippen LogP contribution in [-0.4, -0.2) is 69.4 Å². The van der Waals surface area contributed by atoms with Gasteiger partial charge < -0.3 is 14.6 Å². The Morgan fingerprint density at radius 3 is 2.83 bits per heavy atom. The molecule has 0 saturated carbocycles. The molecule has 4 rings (SSSR count). The van der Waals surface area contributed by atoms with Gasteiger partial charge in [-0.05, 0) is 49.5 Å². The Bertz CT molecular complexity index is 840. The first kappa shape index (κ1) is 20.7. The van der Waals surface area contributed by atoms with Gasteiger partial charge in [0.05, 0.1) is 18.1 Å². The molecule has 29 heavy (non-hydrogen) atoms. The van der Waals surface area contributed by atoms with E-state index >= 15 is 0 Å². The summed E-state index contributed by atoms with van der Waals surface area (Å²) < 4.78 is 35.2. The van der Waals surface area contributed by atoms with Gasteiger partial charge in [0.2, 0.25) is 0 Å². The zero-order valence-electron chi connectivity index (χ0n) is 17.0. The van der Waals surface area contributed by atoms with Gasteiger partial charge >= 0.3 is 0 Å². The van der Waals surface area contributed by atoms with Crippen LogP contribution in [0.5, 0.6) is 0 Å². The van der Waals surface area contributed by atoms with Gasteiger partial charge in [0.1, 0.15) is 18.1 Å². The van der Waals surface area contributed by atoms with Gasteiger partial charge in [-0.1, -0.05) is 11.6 Å².